The van der Waals surface area contributed by atoms with Gasteiger partial charge in [0.25, 0.3) is 0 Å². The van der Waals surface area contributed by atoms with Gasteiger partial charge in [-0.25, -0.2) is 8.42 Å². The Hall–Kier alpha value is -3.76. The highest BCUT2D eigenvalue weighted by Gasteiger charge is 2.31. The molecule has 43 heavy (non-hydrogen) atoms. The Kier molecular flexibility index (Phi) is 10.9. The first-order valence-corrected chi connectivity index (χ1v) is 16.5. The number of ether oxygens (including phenoxy) is 2. The molecule has 0 unspecified atom stereocenters. The Balaban J connectivity index is 1.58. The van der Waals surface area contributed by atoms with Crippen molar-refractivity contribution in [3.63, 3.8) is 0 Å². The van der Waals surface area contributed by atoms with Crippen molar-refractivity contribution in [1.29, 1.82) is 0 Å². The molecular weight excluding hydrogens is 590 g/mol. The molecule has 11 heteroatoms. The van der Waals surface area contributed by atoms with Crippen molar-refractivity contribution >= 4 is 39.1 Å². The summed E-state index contributed by atoms with van der Waals surface area (Å²) in [6.45, 7) is 4.22. The summed E-state index contributed by atoms with van der Waals surface area (Å²) in [7, 11) is -3.66. The van der Waals surface area contributed by atoms with Gasteiger partial charge in [-0.2, -0.15) is 0 Å². The van der Waals surface area contributed by atoms with Crippen LogP contribution in [0.3, 0.4) is 0 Å². The number of hydrogen-bond acceptors (Lipinski definition) is 6. The Bertz CT molecular complexity index is 1520. The van der Waals surface area contributed by atoms with Crippen molar-refractivity contribution in [3.05, 3.63) is 88.9 Å². The highest BCUT2D eigenvalue weighted by molar-refractivity contribution is 7.92. The number of benzene rings is 3. The van der Waals surface area contributed by atoms with Crippen LogP contribution in [0.2, 0.25) is 5.02 Å². The van der Waals surface area contributed by atoms with Crippen molar-refractivity contribution in [1.82, 2.24) is 10.2 Å². The Morgan fingerprint density at radius 1 is 0.977 bits per heavy atom. The molecule has 3 aromatic rings. The van der Waals surface area contributed by atoms with Crippen LogP contribution in [0.1, 0.15) is 44.2 Å². The molecule has 2 amide bonds. The van der Waals surface area contributed by atoms with Crippen LogP contribution in [-0.4, -0.2) is 56.8 Å². The second-order valence-corrected chi connectivity index (χ2v) is 13.0. The van der Waals surface area contributed by atoms with Gasteiger partial charge in [0.2, 0.25) is 28.6 Å². The fraction of sp³-hybridized carbons (Fsp3) is 0.375. The zero-order valence-corrected chi connectivity index (χ0v) is 26.2. The van der Waals surface area contributed by atoms with E-state index < -0.39 is 16.1 Å². The average Bonchev–Trinajstić information content (AvgIpc) is 3.45. The second kappa shape index (κ2) is 14.6. The maximum absolute atomic E-state index is 14.0. The Morgan fingerprint density at radius 3 is 2.40 bits per heavy atom. The normalized spacial score (nSPS) is 13.7. The number of carbonyl (C=O) groups excluding carboxylic acids is 2. The van der Waals surface area contributed by atoms with E-state index in [4.69, 9.17) is 21.1 Å². The van der Waals surface area contributed by atoms with Crippen LogP contribution < -0.4 is 19.1 Å². The molecule has 9 nitrogen and oxygen atoms in total. The minimum absolute atomic E-state index is 0.0268. The third-order valence-electron chi connectivity index (χ3n) is 7.31. The van der Waals surface area contributed by atoms with Crippen LogP contribution in [0, 0.1) is 0 Å². The van der Waals surface area contributed by atoms with E-state index in [2.05, 4.69) is 5.32 Å². The van der Waals surface area contributed by atoms with Gasteiger partial charge in [-0.3, -0.25) is 13.9 Å². The number of amides is 2. The molecule has 2 atom stereocenters. The molecular formula is C32H38ClN3O6S. The number of fused-ring (bicyclic) bond motifs is 1. The number of halogens is 1. The van der Waals surface area contributed by atoms with Crippen LogP contribution in [0.5, 0.6) is 11.5 Å². The van der Waals surface area contributed by atoms with Gasteiger partial charge in [0.15, 0.2) is 11.5 Å². The molecule has 0 saturated carbocycles. The van der Waals surface area contributed by atoms with E-state index in [9.17, 15) is 18.0 Å². The van der Waals surface area contributed by atoms with Crippen molar-refractivity contribution < 1.29 is 27.5 Å². The monoisotopic (exact) mass is 627 g/mol. The zero-order chi connectivity index (χ0) is 31.0. The van der Waals surface area contributed by atoms with Crippen molar-refractivity contribution in [3.8, 4) is 11.5 Å². The molecule has 1 heterocycles. The maximum atomic E-state index is 14.0. The highest BCUT2D eigenvalue weighted by atomic mass is 35.5. The number of anilines is 1. The SMILES string of the molecule is CC[C@@H](C)NC(=O)[C@H](Cc1ccccc1)N(Cc1cccc(Cl)c1)C(=O)CCCN(c1ccc2c(c1)OCO2)S(C)(=O)=O. The summed E-state index contributed by atoms with van der Waals surface area (Å²) in [6, 6.07) is 20.8. The molecule has 0 saturated heterocycles. The second-order valence-electron chi connectivity index (χ2n) is 10.7. The minimum Gasteiger partial charge on any atom is -0.454 e. The molecule has 1 aliphatic rings. The molecule has 1 aliphatic heterocycles. The summed E-state index contributed by atoms with van der Waals surface area (Å²) < 4.78 is 37.5. The van der Waals surface area contributed by atoms with Crippen LogP contribution in [0.15, 0.2) is 72.8 Å². The molecule has 0 spiro atoms. The molecule has 4 rings (SSSR count). The molecule has 0 aromatic heterocycles. The van der Waals surface area contributed by atoms with Gasteiger partial charge >= 0.3 is 0 Å². The van der Waals surface area contributed by atoms with Crippen LogP contribution in [0.25, 0.3) is 0 Å². The van der Waals surface area contributed by atoms with Crippen LogP contribution >= 0.6 is 11.6 Å². The van der Waals surface area contributed by atoms with Crippen LogP contribution in [-0.2, 0) is 32.6 Å². The zero-order valence-electron chi connectivity index (χ0n) is 24.7. The first-order valence-electron chi connectivity index (χ1n) is 14.3. The summed E-state index contributed by atoms with van der Waals surface area (Å²) in [5.41, 5.74) is 2.12. The topological polar surface area (TPSA) is 105 Å². The fourth-order valence-electron chi connectivity index (χ4n) is 4.87. The lowest BCUT2D eigenvalue weighted by molar-refractivity contribution is -0.141. The summed E-state index contributed by atoms with van der Waals surface area (Å²) >= 11 is 6.26. The molecule has 1 N–H and O–H groups in total. The average molecular weight is 628 g/mol. The number of rotatable bonds is 14. The molecule has 230 valence electrons. The molecule has 0 bridgehead atoms. The lowest BCUT2D eigenvalue weighted by Gasteiger charge is -2.32. The number of sulfonamides is 1. The summed E-state index contributed by atoms with van der Waals surface area (Å²) in [5, 5.41) is 3.58. The maximum Gasteiger partial charge on any atom is 0.243 e. The molecule has 3 aromatic carbocycles. The largest absolute Gasteiger partial charge is 0.454 e. The van der Waals surface area contributed by atoms with E-state index in [1.807, 2.05) is 50.2 Å². The van der Waals surface area contributed by atoms with Gasteiger partial charge in [0, 0.05) is 43.1 Å². The van der Waals surface area contributed by atoms with Gasteiger partial charge in [0.05, 0.1) is 11.9 Å². The van der Waals surface area contributed by atoms with Crippen molar-refractivity contribution in [2.75, 3.05) is 23.9 Å². The highest BCUT2D eigenvalue weighted by Crippen LogP contribution is 2.36. The lowest BCUT2D eigenvalue weighted by atomic mass is 10.0. The minimum atomic E-state index is -3.66. The Morgan fingerprint density at radius 2 is 1.70 bits per heavy atom. The number of nitrogens with one attached hydrogen (secondary N) is 1. The van der Waals surface area contributed by atoms with E-state index in [0.29, 0.717) is 28.6 Å². The van der Waals surface area contributed by atoms with E-state index in [0.717, 1.165) is 23.8 Å². The standard InChI is InChI=1S/C32H38ClN3O6S/c1-4-23(2)34-32(38)28(19-24-10-6-5-7-11-24)35(21-25-12-8-13-26(33)18-25)31(37)14-9-17-36(43(3,39)40)27-15-16-29-30(20-27)42-22-41-29/h5-8,10-13,15-16,18,20,23,28H,4,9,14,17,19,21-22H2,1-3H3,(H,34,38)/t23-,28+/m1/s1. The van der Waals surface area contributed by atoms with Gasteiger partial charge in [-0.1, -0.05) is 61.0 Å². The smallest absolute Gasteiger partial charge is 0.243 e. The predicted octanol–water partition coefficient (Wildman–Crippen LogP) is 5.17. The third-order valence-corrected chi connectivity index (χ3v) is 8.74. The van der Waals surface area contributed by atoms with Crippen molar-refractivity contribution in [2.45, 2.75) is 58.2 Å². The Labute approximate surface area is 258 Å². The van der Waals surface area contributed by atoms with Gasteiger partial charge in [-0.05, 0) is 55.2 Å². The number of hydrogen-bond donors (Lipinski definition) is 1. The molecule has 0 radical (unpaired) electrons. The fourth-order valence-corrected chi connectivity index (χ4v) is 6.04. The van der Waals surface area contributed by atoms with E-state index in [1.54, 1.807) is 41.3 Å². The van der Waals surface area contributed by atoms with E-state index >= 15 is 0 Å². The molecule has 0 aliphatic carbocycles. The summed E-state index contributed by atoms with van der Waals surface area (Å²) in [4.78, 5) is 29.2. The van der Waals surface area contributed by atoms with Gasteiger partial charge < -0.3 is 19.7 Å². The van der Waals surface area contributed by atoms with Gasteiger partial charge in [-0.15, -0.1) is 0 Å². The van der Waals surface area contributed by atoms with E-state index in [1.165, 1.54) is 4.31 Å². The van der Waals surface area contributed by atoms with Gasteiger partial charge in [0.1, 0.15) is 6.04 Å². The summed E-state index contributed by atoms with van der Waals surface area (Å²) in [6.07, 6.45) is 2.45. The lowest BCUT2D eigenvalue weighted by Crippen LogP contribution is -2.52. The van der Waals surface area contributed by atoms with E-state index in [-0.39, 0.29) is 50.6 Å². The number of carbonyl (C=O) groups is 2. The quantitative estimate of drug-likeness (QED) is 0.264. The van der Waals surface area contributed by atoms with Crippen LogP contribution in [0.4, 0.5) is 5.69 Å². The first-order chi connectivity index (χ1) is 20.5. The first kappa shape index (κ1) is 32.2. The number of nitrogens with zero attached hydrogens (tertiary/aromatic N) is 2. The van der Waals surface area contributed by atoms with Crippen molar-refractivity contribution in [2.24, 2.45) is 0 Å². The molecule has 0 fully saturated rings. The third kappa shape index (κ3) is 8.87. The predicted molar refractivity (Wildman–Crippen MR) is 168 cm³/mol. The summed E-state index contributed by atoms with van der Waals surface area (Å²) in [5.74, 6) is 0.501.